The fraction of sp³-hybridized carbons (Fsp3) is 0.467. The van der Waals surface area contributed by atoms with E-state index in [0.29, 0.717) is 12.0 Å². The molecule has 0 aromatic heterocycles. The number of carbonyl (C=O) groups is 2. The molecular weight excluding hydrogens is 336 g/mol. The van der Waals surface area contributed by atoms with E-state index in [9.17, 15) is 18.0 Å². The number of hydrazine groups is 1. The molecule has 126 valence electrons. The van der Waals surface area contributed by atoms with Gasteiger partial charge in [0.2, 0.25) is 5.91 Å². The summed E-state index contributed by atoms with van der Waals surface area (Å²) >= 11 is 1.30. The van der Waals surface area contributed by atoms with Crippen molar-refractivity contribution in [3.05, 3.63) is 35.4 Å². The van der Waals surface area contributed by atoms with Crippen molar-refractivity contribution in [1.82, 2.24) is 10.9 Å². The third-order valence-electron chi connectivity index (χ3n) is 3.58. The molecule has 1 aromatic carbocycles. The Kier molecular flexibility index (Phi) is 6.06. The molecule has 2 amide bonds. The van der Waals surface area contributed by atoms with E-state index in [4.69, 9.17) is 0 Å². The Morgan fingerprint density at radius 3 is 2.48 bits per heavy atom. The van der Waals surface area contributed by atoms with E-state index in [-0.39, 0.29) is 34.3 Å². The average molecular weight is 356 g/mol. The first-order chi connectivity index (χ1) is 10.9. The van der Waals surface area contributed by atoms with Crippen LogP contribution in [0.2, 0.25) is 0 Å². The van der Waals surface area contributed by atoms with Crippen molar-refractivity contribution in [1.29, 1.82) is 0 Å². The van der Waals surface area contributed by atoms with Crippen molar-refractivity contribution < 1.29 is 18.0 Å². The minimum atomic E-state index is -2.93. The minimum absolute atomic E-state index is 0.0389. The zero-order valence-corrected chi connectivity index (χ0v) is 14.5. The number of aryl methyl sites for hydroxylation is 1. The van der Waals surface area contributed by atoms with Crippen LogP contribution >= 0.6 is 11.8 Å². The summed E-state index contributed by atoms with van der Waals surface area (Å²) in [5.41, 5.74) is 6.31. The molecule has 1 aliphatic rings. The van der Waals surface area contributed by atoms with Crippen LogP contribution < -0.4 is 10.9 Å². The van der Waals surface area contributed by atoms with Crippen LogP contribution in [0, 0.1) is 0 Å². The van der Waals surface area contributed by atoms with Crippen molar-refractivity contribution in [2.45, 2.75) is 25.0 Å². The van der Waals surface area contributed by atoms with Crippen LogP contribution in [0.4, 0.5) is 0 Å². The first-order valence-electron chi connectivity index (χ1n) is 7.40. The Morgan fingerprint density at radius 2 is 1.91 bits per heavy atom. The molecule has 23 heavy (non-hydrogen) atoms. The maximum Gasteiger partial charge on any atom is 0.269 e. The van der Waals surface area contributed by atoms with E-state index < -0.39 is 9.84 Å². The zero-order chi connectivity index (χ0) is 16.9. The number of nitrogens with one attached hydrogen (secondary N) is 2. The summed E-state index contributed by atoms with van der Waals surface area (Å²) in [6.07, 6.45) is 1.48. The summed E-state index contributed by atoms with van der Waals surface area (Å²) in [7, 11) is -2.93. The van der Waals surface area contributed by atoms with Gasteiger partial charge in [-0.05, 0) is 30.5 Å². The Hall–Kier alpha value is -1.54. The molecule has 2 N–H and O–H groups in total. The SMILES string of the molecule is CCc1ccc(C(=O)NNC(=O)CS[C@@H]2CCS(=O)(=O)C2)cc1. The predicted molar refractivity (Wildman–Crippen MR) is 90.9 cm³/mol. The van der Waals surface area contributed by atoms with Gasteiger partial charge in [-0.2, -0.15) is 0 Å². The Balaban J connectivity index is 1.72. The Bertz CT molecular complexity index is 671. The van der Waals surface area contributed by atoms with Crippen molar-refractivity contribution in [2.24, 2.45) is 0 Å². The van der Waals surface area contributed by atoms with Crippen molar-refractivity contribution >= 4 is 33.4 Å². The molecule has 0 unspecified atom stereocenters. The lowest BCUT2D eigenvalue weighted by Crippen LogP contribution is -2.42. The topological polar surface area (TPSA) is 92.3 Å². The van der Waals surface area contributed by atoms with Gasteiger partial charge in [0, 0.05) is 10.8 Å². The van der Waals surface area contributed by atoms with Crippen LogP contribution in [0.25, 0.3) is 0 Å². The van der Waals surface area contributed by atoms with Crippen molar-refractivity contribution in [3.8, 4) is 0 Å². The van der Waals surface area contributed by atoms with Gasteiger partial charge in [0.15, 0.2) is 9.84 Å². The fourth-order valence-corrected chi connectivity index (χ4v) is 5.66. The van der Waals surface area contributed by atoms with Gasteiger partial charge in [0.25, 0.3) is 5.91 Å². The molecule has 6 nitrogen and oxygen atoms in total. The van der Waals surface area contributed by atoms with Gasteiger partial charge in [-0.3, -0.25) is 20.4 Å². The van der Waals surface area contributed by atoms with Crippen LogP contribution in [0.15, 0.2) is 24.3 Å². The predicted octanol–water partition coefficient (Wildman–Crippen LogP) is 0.930. The van der Waals surface area contributed by atoms with E-state index in [0.717, 1.165) is 12.0 Å². The fourth-order valence-electron chi connectivity index (χ4n) is 2.21. The second-order valence-electron chi connectivity index (χ2n) is 5.39. The second-order valence-corrected chi connectivity index (χ2v) is 8.91. The molecule has 0 spiro atoms. The first kappa shape index (κ1) is 17.8. The molecule has 0 aliphatic carbocycles. The lowest BCUT2D eigenvalue weighted by Gasteiger charge is -2.09. The Labute approximate surface area is 140 Å². The van der Waals surface area contributed by atoms with Gasteiger partial charge in [-0.15, -0.1) is 11.8 Å². The molecule has 1 aromatic rings. The van der Waals surface area contributed by atoms with E-state index in [1.165, 1.54) is 11.8 Å². The maximum atomic E-state index is 11.9. The maximum absolute atomic E-state index is 11.9. The second kappa shape index (κ2) is 7.83. The van der Waals surface area contributed by atoms with E-state index in [2.05, 4.69) is 10.9 Å². The number of carbonyl (C=O) groups excluding carboxylic acids is 2. The lowest BCUT2D eigenvalue weighted by atomic mass is 10.1. The van der Waals surface area contributed by atoms with Crippen molar-refractivity contribution in [2.75, 3.05) is 17.3 Å². The highest BCUT2D eigenvalue weighted by Gasteiger charge is 2.28. The Morgan fingerprint density at radius 1 is 1.22 bits per heavy atom. The van der Waals surface area contributed by atoms with Crippen LogP contribution in [-0.4, -0.2) is 42.7 Å². The minimum Gasteiger partial charge on any atom is -0.272 e. The molecule has 1 aliphatic heterocycles. The quantitative estimate of drug-likeness (QED) is 0.766. The number of sulfone groups is 1. The average Bonchev–Trinajstić information content (AvgIpc) is 2.89. The van der Waals surface area contributed by atoms with E-state index in [1.807, 2.05) is 19.1 Å². The van der Waals surface area contributed by atoms with Gasteiger partial charge < -0.3 is 0 Å². The normalized spacial score (nSPS) is 19.3. The summed E-state index contributed by atoms with van der Waals surface area (Å²) in [5.74, 6) is -0.292. The molecule has 0 bridgehead atoms. The van der Waals surface area contributed by atoms with Gasteiger partial charge in [-0.1, -0.05) is 19.1 Å². The van der Waals surface area contributed by atoms with Crippen LogP contribution in [0.1, 0.15) is 29.3 Å². The molecule has 0 radical (unpaired) electrons. The van der Waals surface area contributed by atoms with Crippen molar-refractivity contribution in [3.63, 3.8) is 0 Å². The third-order valence-corrected chi connectivity index (χ3v) is 6.86. The number of hydrogen-bond acceptors (Lipinski definition) is 5. The third kappa shape index (κ3) is 5.54. The van der Waals surface area contributed by atoms with Gasteiger partial charge >= 0.3 is 0 Å². The number of hydrogen-bond donors (Lipinski definition) is 2. The number of thioether (sulfide) groups is 1. The highest BCUT2D eigenvalue weighted by Crippen LogP contribution is 2.23. The van der Waals surface area contributed by atoms with Crippen LogP contribution in [-0.2, 0) is 21.1 Å². The molecular formula is C15H20N2O4S2. The molecule has 1 atom stereocenters. The highest BCUT2D eigenvalue weighted by atomic mass is 32.2. The zero-order valence-electron chi connectivity index (χ0n) is 12.9. The highest BCUT2D eigenvalue weighted by molar-refractivity contribution is 8.02. The van der Waals surface area contributed by atoms with Crippen LogP contribution in [0.5, 0.6) is 0 Å². The smallest absolute Gasteiger partial charge is 0.269 e. The molecule has 0 saturated carbocycles. The van der Waals surface area contributed by atoms with E-state index >= 15 is 0 Å². The monoisotopic (exact) mass is 356 g/mol. The number of amides is 2. The number of rotatable bonds is 5. The molecule has 1 saturated heterocycles. The van der Waals surface area contributed by atoms with Gasteiger partial charge in [-0.25, -0.2) is 8.42 Å². The molecule has 1 fully saturated rings. The summed E-state index contributed by atoms with van der Waals surface area (Å²) in [6.45, 7) is 2.03. The van der Waals surface area contributed by atoms with Gasteiger partial charge in [0.05, 0.1) is 17.3 Å². The molecule has 2 rings (SSSR count). The number of benzene rings is 1. The summed E-state index contributed by atoms with van der Waals surface area (Å²) in [5, 5.41) is -0.0389. The lowest BCUT2D eigenvalue weighted by molar-refractivity contribution is -0.119. The summed E-state index contributed by atoms with van der Waals surface area (Å²) in [6, 6.07) is 7.15. The van der Waals surface area contributed by atoms with Crippen LogP contribution in [0.3, 0.4) is 0 Å². The summed E-state index contributed by atoms with van der Waals surface area (Å²) in [4.78, 5) is 23.6. The van der Waals surface area contributed by atoms with Gasteiger partial charge in [0.1, 0.15) is 0 Å². The van der Waals surface area contributed by atoms with E-state index in [1.54, 1.807) is 12.1 Å². The largest absolute Gasteiger partial charge is 0.272 e. The standard InChI is InChI=1S/C15H20N2O4S2/c1-2-11-3-5-12(6-4-11)15(19)17-16-14(18)9-22-13-7-8-23(20,21)10-13/h3-6,13H,2,7-10H2,1H3,(H,16,18)(H,17,19)/t13-/m1/s1. The molecule has 1 heterocycles. The first-order valence-corrected chi connectivity index (χ1v) is 10.3. The summed E-state index contributed by atoms with van der Waals surface area (Å²) < 4.78 is 22.7. The molecule has 8 heteroatoms.